The van der Waals surface area contributed by atoms with E-state index in [2.05, 4.69) is 4.51 Å². The van der Waals surface area contributed by atoms with Crippen molar-refractivity contribution in [2.75, 3.05) is 7.11 Å². The lowest BCUT2D eigenvalue weighted by atomic mass is 10.4. The first-order valence-corrected chi connectivity index (χ1v) is 2.99. The number of hydrogen-bond acceptors (Lipinski definition) is 3. The van der Waals surface area contributed by atoms with Gasteiger partial charge in [0.2, 0.25) is 0 Å². The number of furan rings is 1. The van der Waals surface area contributed by atoms with Crippen molar-refractivity contribution in [3.05, 3.63) is 24.2 Å². The van der Waals surface area contributed by atoms with E-state index in [0.717, 1.165) is 0 Å². The minimum atomic E-state index is 0.284. The summed E-state index contributed by atoms with van der Waals surface area (Å²) in [7, 11) is 1.48. The molecule has 0 aromatic carbocycles. The van der Waals surface area contributed by atoms with Gasteiger partial charge < -0.3 is 9.15 Å². The van der Waals surface area contributed by atoms with Gasteiger partial charge in [-0.15, -0.1) is 4.51 Å². The molecule has 0 fully saturated rings. The van der Waals surface area contributed by atoms with Gasteiger partial charge in [0.15, 0.2) is 5.76 Å². The molecule has 0 amide bonds. The van der Waals surface area contributed by atoms with Crippen molar-refractivity contribution < 1.29 is 9.15 Å². The van der Waals surface area contributed by atoms with E-state index in [9.17, 15) is 0 Å². The zero-order valence-corrected chi connectivity index (χ0v) is 6.13. The smallest absolute Gasteiger partial charge is 0.269 e. The van der Waals surface area contributed by atoms with Crippen molar-refractivity contribution in [2.45, 2.75) is 0 Å². The largest absolute Gasteiger partial charge is 0.478 e. The summed E-state index contributed by atoms with van der Waals surface area (Å²) in [5.41, 5.74) is 0. The molecule has 0 N–H and O–H groups in total. The summed E-state index contributed by atoms with van der Waals surface area (Å²) >= 11 is 5.16. The molecule has 1 aromatic rings. The second-order valence-corrected chi connectivity index (χ2v) is 1.74. The summed E-state index contributed by atoms with van der Waals surface area (Å²) in [6, 6.07) is 3.45. The number of ether oxygens (including phenoxy) is 1. The first-order chi connectivity index (χ1) is 4.88. The standard InChI is InChI=1S/C6H6ClNO2/c1-9-6(8-7)5-3-2-4-10-5/h2-4H,1H3/b8-6-. The van der Waals surface area contributed by atoms with E-state index in [1.807, 2.05) is 0 Å². The molecule has 0 spiro atoms. The summed E-state index contributed by atoms with van der Waals surface area (Å²) in [5, 5.41) is 0. The van der Waals surface area contributed by atoms with Gasteiger partial charge in [-0.25, -0.2) is 0 Å². The maximum atomic E-state index is 5.16. The lowest BCUT2D eigenvalue weighted by molar-refractivity contribution is 0.389. The Kier molecular flexibility index (Phi) is 2.34. The molecule has 0 atom stereocenters. The molecule has 4 heteroatoms. The second kappa shape index (κ2) is 3.27. The van der Waals surface area contributed by atoms with Crippen LogP contribution in [0.4, 0.5) is 0 Å². The number of rotatable bonds is 1. The number of methoxy groups -OCH3 is 1. The van der Waals surface area contributed by atoms with E-state index in [1.54, 1.807) is 12.1 Å². The molecule has 54 valence electrons. The summed E-state index contributed by atoms with van der Waals surface area (Å²) in [4.78, 5) is 0. The Balaban J connectivity index is 2.85. The maximum absolute atomic E-state index is 5.16. The molecule has 1 heterocycles. The van der Waals surface area contributed by atoms with Gasteiger partial charge in [-0.3, -0.25) is 0 Å². The average Bonchev–Trinajstić information content (AvgIpc) is 2.43. The van der Waals surface area contributed by atoms with Crippen LogP contribution in [0.1, 0.15) is 5.76 Å². The molecule has 0 radical (unpaired) electrons. The normalized spacial score (nSPS) is 11.6. The maximum Gasteiger partial charge on any atom is 0.269 e. The Labute approximate surface area is 63.4 Å². The minimum Gasteiger partial charge on any atom is -0.478 e. The van der Waals surface area contributed by atoms with Crippen LogP contribution < -0.4 is 0 Å². The van der Waals surface area contributed by atoms with E-state index in [-0.39, 0.29) is 5.90 Å². The monoisotopic (exact) mass is 159 g/mol. The van der Waals surface area contributed by atoms with Gasteiger partial charge in [-0.1, -0.05) is 0 Å². The van der Waals surface area contributed by atoms with Crippen LogP contribution in [-0.4, -0.2) is 13.0 Å². The van der Waals surface area contributed by atoms with Gasteiger partial charge in [0.25, 0.3) is 5.90 Å². The number of hydrogen-bond donors (Lipinski definition) is 0. The van der Waals surface area contributed by atoms with Crippen molar-refractivity contribution in [1.29, 1.82) is 0 Å². The van der Waals surface area contributed by atoms with E-state index in [4.69, 9.17) is 20.9 Å². The van der Waals surface area contributed by atoms with Gasteiger partial charge >= 0.3 is 0 Å². The number of nitrogens with zero attached hydrogens (tertiary/aromatic N) is 1. The fraction of sp³-hybridized carbons (Fsp3) is 0.167. The Bertz CT molecular complexity index is 218. The van der Waals surface area contributed by atoms with Gasteiger partial charge in [0.1, 0.15) is 0 Å². The summed E-state index contributed by atoms with van der Waals surface area (Å²) < 4.78 is 13.0. The zero-order chi connectivity index (χ0) is 7.40. The van der Waals surface area contributed by atoms with Crippen LogP contribution in [-0.2, 0) is 4.74 Å². The van der Waals surface area contributed by atoms with Crippen LogP contribution in [0.15, 0.2) is 27.3 Å². The summed E-state index contributed by atoms with van der Waals surface area (Å²) in [5.74, 6) is 0.809. The molecule has 10 heavy (non-hydrogen) atoms. The topological polar surface area (TPSA) is 34.7 Å². The van der Waals surface area contributed by atoms with Crippen molar-refractivity contribution >= 4 is 17.7 Å². The van der Waals surface area contributed by atoms with Gasteiger partial charge in [0.05, 0.1) is 13.4 Å². The van der Waals surface area contributed by atoms with Crippen LogP contribution in [0.5, 0.6) is 0 Å². The van der Waals surface area contributed by atoms with Crippen molar-refractivity contribution in [2.24, 2.45) is 4.51 Å². The third-order valence-corrected chi connectivity index (χ3v) is 1.16. The highest BCUT2D eigenvalue weighted by Gasteiger charge is 2.03. The molecule has 0 saturated carbocycles. The molecule has 0 saturated heterocycles. The Hall–Kier alpha value is -0.960. The van der Waals surface area contributed by atoms with E-state index in [1.165, 1.54) is 13.4 Å². The molecule has 3 nitrogen and oxygen atoms in total. The average molecular weight is 160 g/mol. The lowest BCUT2D eigenvalue weighted by Crippen LogP contribution is -1.99. The summed E-state index contributed by atoms with van der Waals surface area (Å²) in [6.07, 6.45) is 1.52. The molecular formula is C6H6ClNO2. The molecule has 0 aliphatic rings. The van der Waals surface area contributed by atoms with Crippen LogP contribution >= 0.6 is 11.8 Å². The molecule has 0 aliphatic heterocycles. The van der Waals surface area contributed by atoms with Crippen molar-refractivity contribution in [3.63, 3.8) is 0 Å². The van der Waals surface area contributed by atoms with E-state index in [0.29, 0.717) is 5.76 Å². The molecule has 0 bridgehead atoms. The van der Waals surface area contributed by atoms with Crippen LogP contribution in [0.3, 0.4) is 0 Å². The molecule has 1 aromatic heterocycles. The molecular weight excluding hydrogens is 154 g/mol. The quantitative estimate of drug-likeness (QED) is 0.463. The first-order valence-electron chi connectivity index (χ1n) is 2.65. The molecule has 0 aliphatic carbocycles. The first kappa shape index (κ1) is 7.15. The molecule has 1 rings (SSSR count). The minimum absolute atomic E-state index is 0.284. The third-order valence-electron chi connectivity index (χ3n) is 1.00. The summed E-state index contributed by atoms with van der Waals surface area (Å²) in [6.45, 7) is 0. The Morgan fingerprint density at radius 1 is 1.80 bits per heavy atom. The lowest BCUT2D eigenvalue weighted by Gasteiger charge is -1.95. The van der Waals surface area contributed by atoms with E-state index >= 15 is 0 Å². The predicted molar refractivity (Wildman–Crippen MR) is 38.1 cm³/mol. The number of halogens is 1. The van der Waals surface area contributed by atoms with Crippen molar-refractivity contribution in [1.82, 2.24) is 0 Å². The fourth-order valence-corrected chi connectivity index (χ4v) is 0.729. The van der Waals surface area contributed by atoms with E-state index < -0.39 is 0 Å². The van der Waals surface area contributed by atoms with Crippen LogP contribution in [0, 0.1) is 0 Å². The highest BCUT2D eigenvalue weighted by molar-refractivity contribution is 6.20. The second-order valence-electron chi connectivity index (χ2n) is 1.57. The van der Waals surface area contributed by atoms with Gasteiger partial charge in [-0.05, 0) is 12.1 Å². The third kappa shape index (κ3) is 1.30. The fourth-order valence-electron chi connectivity index (χ4n) is 0.577. The van der Waals surface area contributed by atoms with Crippen LogP contribution in [0.25, 0.3) is 0 Å². The van der Waals surface area contributed by atoms with Crippen LogP contribution in [0.2, 0.25) is 0 Å². The van der Waals surface area contributed by atoms with Gasteiger partial charge in [-0.2, -0.15) is 0 Å². The Morgan fingerprint density at radius 3 is 3.00 bits per heavy atom. The predicted octanol–water partition coefficient (Wildman–Crippen LogP) is 1.83. The highest BCUT2D eigenvalue weighted by atomic mass is 35.5. The highest BCUT2D eigenvalue weighted by Crippen LogP contribution is 2.03. The molecule has 0 unspecified atom stereocenters. The zero-order valence-electron chi connectivity index (χ0n) is 5.37. The van der Waals surface area contributed by atoms with Gasteiger partial charge in [0, 0.05) is 11.8 Å². The Morgan fingerprint density at radius 2 is 2.60 bits per heavy atom. The van der Waals surface area contributed by atoms with Crippen molar-refractivity contribution in [3.8, 4) is 0 Å². The SMILES string of the molecule is CO/C(=N\Cl)c1ccco1.